The summed E-state index contributed by atoms with van der Waals surface area (Å²) in [6.07, 6.45) is -0.430. The standard InChI is InChI=1S/C31H29ClN2O3/c1-4-36-29-18-22(13-14-28(29)37-19-23-9-5-7-11-26(23)32)30-33-27-12-8-6-10-25(27)31(35)34(30)24-16-20(2)15-21(3)17-24/h5-18,30,33H,4,19H2,1-3H3. The zero-order chi connectivity index (χ0) is 25.9. The lowest BCUT2D eigenvalue weighted by Crippen LogP contribution is -2.43. The molecule has 0 aliphatic carbocycles. The van der Waals surface area contributed by atoms with Gasteiger partial charge in [-0.2, -0.15) is 0 Å². The predicted molar refractivity (Wildman–Crippen MR) is 149 cm³/mol. The highest BCUT2D eigenvalue weighted by atomic mass is 35.5. The molecule has 188 valence electrons. The largest absolute Gasteiger partial charge is 0.490 e. The molecule has 0 saturated heterocycles. The molecule has 0 aromatic heterocycles. The monoisotopic (exact) mass is 512 g/mol. The number of carbonyl (C=O) groups excluding carboxylic acids is 1. The van der Waals surface area contributed by atoms with E-state index < -0.39 is 6.17 Å². The topological polar surface area (TPSA) is 50.8 Å². The number of aryl methyl sites for hydroxylation is 2. The highest BCUT2D eigenvalue weighted by Gasteiger charge is 2.34. The molecule has 1 heterocycles. The molecule has 1 amide bonds. The average molecular weight is 513 g/mol. The van der Waals surface area contributed by atoms with Crippen molar-refractivity contribution in [3.05, 3.63) is 118 Å². The summed E-state index contributed by atoms with van der Waals surface area (Å²) in [6.45, 7) is 6.82. The normalized spacial score (nSPS) is 14.6. The molecule has 37 heavy (non-hydrogen) atoms. The Morgan fingerprint density at radius 1 is 0.865 bits per heavy atom. The van der Waals surface area contributed by atoms with Gasteiger partial charge in [0.1, 0.15) is 12.8 Å². The molecule has 4 aromatic carbocycles. The fourth-order valence-corrected chi connectivity index (χ4v) is 4.89. The number of nitrogens with one attached hydrogen (secondary N) is 1. The molecule has 5 nitrogen and oxygen atoms in total. The van der Waals surface area contributed by atoms with Crippen molar-refractivity contribution in [1.29, 1.82) is 0 Å². The third kappa shape index (κ3) is 5.13. The van der Waals surface area contributed by atoms with Crippen molar-refractivity contribution < 1.29 is 14.3 Å². The van der Waals surface area contributed by atoms with Crippen molar-refractivity contribution in [1.82, 2.24) is 0 Å². The summed E-state index contributed by atoms with van der Waals surface area (Å²) in [5.74, 6) is 1.17. The Morgan fingerprint density at radius 2 is 1.59 bits per heavy atom. The van der Waals surface area contributed by atoms with Crippen LogP contribution in [0, 0.1) is 13.8 Å². The SMILES string of the molecule is CCOc1cc(C2Nc3ccccc3C(=O)N2c2cc(C)cc(C)c2)ccc1OCc1ccccc1Cl. The number of hydrogen-bond acceptors (Lipinski definition) is 4. The molecule has 0 radical (unpaired) electrons. The second kappa shape index (κ2) is 10.6. The van der Waals surface area contributed by atoms with Gasteiger partial charge in [-0.25, -0.2) is 0 Å². The van der Waals surface area contributed by atoms with Crippen molar-refractivity contribution >= 4 is 28.9 Å². The highest BCUT2D eigenvalue weighted by molar-refractivity contribution is 6.31. The van der Waals surface area contributed by atoms with E-state index >= 15 is 0 Å². The number of amides is 1. The third-order valence-corrected chi connectivity index (χ3v) is 6.70. The summed E-state index contributed by atoms with van der Waals surface area (Å²) in [5, 5.41) is 4.23. The van der Waals surface area contributed by atoms with Crippen LogP contribution in [0.15, 0.2) is 84.9 Å². The summed E-state index contributed by atoms with van der Waals surface area (Å²) < 4.78 is 12.1. The van der Waals surface area contributed by atoms with Gasteiger partial charge in [0.2, 0.25) is 0 Å². The smallest absolute Gasteiger partial charge is 0.262 e. The lowest BCUT2D eigenvalue weighted by Gasteiger charge is -2.38. The minimum Gasteiger partial charge on any atom is -0.490 e. The van der Waals surface area contributed by atoms with E-state index in [0.717, 1.165) is 33.6 Å². The van der Waals surface area contributed by atoms with E-state index in [2.05, 4.69) is 11.4 Å². The molecule has 0 fully saturated rings. The molecule has 4 aromatic rings. The van der Waals surface area contributed by atoms with Crippen LogP contribution in [0.1, 0.15) is 45.7 Å². The summed E-state index contributed by atoms with van der Waals surface area (Å²) >= 11 is 6.31. The highest BCUT2D eigenvalue weighted by Crippen LogP contribution is 2.40. The molecule has 1 aliphatic rings. The number of ether oxygens (including phenoxy) is 2. The first-order valence-corrected chi connectivity index (χ1v) is 12.7. The van der Waals surface area contributed by atoms with Gasteiger partial charge in [0.25, 0.3) is 5.91 Å². The van der Waals surface area contributed by atoms with E-state index in [1.54, 1.807) is 0 Å². The van der Waals surface area contributed by atoms with Gasteiger partial charge in [-0.3, -0.25) is 9.69 Å². The van der Waals surface area contributed by atoms with Gasteiger partial charge in [0.15, 0.2) is 11.5 Å². The zero-order valence-corrected chi connectivity index (χ0v) is 21.9. The average Bonchev–Trinajstić information content (AvgIpc) is 2.88. The van der Waals surface area contributed by atoms with Crippen molar-refractivity contribution in [3.63, 3.8) is 0 Å². The molecule has 1 N–H and O–H groups in total. The lowest BCUT2D eigenvalue weighted by atomic mass is 10.0. The third-order valence-electron chi connectivity index (χ3n) is 6.34. The maximum atomic E-state index is 13.8. The summed E-state index contributed by atoms with van der Waals surface area (Å²) in [7, 11) is 0. The number of anilines is 2. The molecule has 1 aliphatic heterocycles. The molecule has 6 heteroatoms. The molecular weight excluding hydrogens is 484 g/mol. The van der Waals surface area contributed by atoms with Crippen molar-refractivity contribution in [2.24, 2.45) is 0 Å². The minimum absolute atomic E-state index is 0.0543. The Kier molecular flexibility index (Phi) is 7.06. The van der Waals surface area contributed by atoms with E-state index in [4.69, 9.17) is 21.1 Å². The number of benzene rings is 4. The number of nitrogens with zero attached hydrogens (tertiary/aromatic N) is 1. The predicted octanol–water partition coefficient (Wildman–Crippen LogP) is 7.71. The number of halogens is 1. The van der Waals surface area contributed by atoms with Crippen LogP contribution < -0.4 is 19.7 Å². The molecule has 5 rings (SSSR count). The van der Waals surface area contributed by atoms with Crippen LogP contribution in [0.2, 0.25) is 5.02 Å². The number of carbonyl (C=O) groups is 1. The van der Waals surface area contributed by atoms with Crippen LogP contribution in [0.4, 0.5) is 11.4 Å². The van der Waals surface area contributed by atoms with Crippen LogP contribution in [-0.2, 0) is 6.61 Å². The molecule has 1 atom stereocenters. The summed E-state index contributed by atoms with van der Waals surface area (Å²) in [4.78, 5) is 15.6. The Morgan fingerprint density at radius 3 is 2.35 bits per heavy atom. The second-order valence-corrected chi connectivity index (χ2v) is 9.54. The maximum Gasteiger partial charge on any atom is 0.262 e. The van der Waals surface area contributed by atoms with Crippen molar-refractivity contribution in [2.75, 3.05) is 16.8 Å². The lowest BCUT2D eigenvalue weighted by molar-refractivity contribution is 0.0975. The Labute approximate surface area is 222 Å². The van der Waals surface area contributed by atoms with Gasteiger partial charge in [0.05, 0.1) is 12.2 Å². The van der Waals surface area contributed by atoms with E-state index in [0.29, 0.717) is 35.3 Å². The Hall–Kier alpha value is -3.96. The van der Waals surface area contributed by atoms with Gasteiger partial charge in [-0.15, -0.1) is 0 Å². The van der Waals surface area contributed by atoms with Gasteiger partial charge in [0, 0.05) is 22.0 Å². The maximum absolute atomic E-state index is 13.8. The summed E-state index contributed by atoms with van der Waals surface area (Å²) in [5.41, 5.74) is 6.25. The van der Waals surface area contributed by atoms with E-state index in [-0.39, 0.29) is 5.91 Å². The zero-order valence-electron chi connectivity index (χ0n) is 21.1. The first-order chi connectivity index (χ1) is 17.9. The molecule has 1 unspecified atom stereocenters. The Bertz CT molecular complexity index is 1430. The Balaban J connectivity index is 1.54. The van der Waals surface area contributed by atoms with Crippen LogP contribution in [0.3, 0.4) is 0 Å². The number of rotatable bonds is 7. The molecule has 0 saturated carbocycles. The van der Waals surface area contributed by atoms with Gasteiger partial charge in [-0.1, -0.05) is 54.1 Å². The minimum atomic E-state index is -0.430. The van der Waals surface area contributed by atoms with E-state index in [1.807, 2.05) is 105 Å². The fourth-order valence-electron chi connectivity index (χ4n) is 4.70. The second-order valence-electron chi connectivity index (χ2n) is 9.13. The van der Waals surface area contributed by atoms with Gasteiger partial charge >= 0.3 is 0 Å². The number of hydrogen-bond donors (Lipinski definition) is 1. The van der Waals surface area contributed by atoms with Crippen LogP contribution >= 0.6 is 11.6 Å². The van der Waals surface area contributed by atoms with E-state index in [1.165, 1.54) is 0 Å². The van der Waals surface area contributed by atoms with Crippen LogP contribution in [0.25, 0.3) is 0 Å². The van der Waals surface area contributed by atoms with Gasteiger partial charge < -0.3 is 14.8 Å². The molecule has 0 spiro atoms. The first kappa shape index (κ1) is 24.7. The quantitative estimate of drug-likeness (QED) is 0.275. The van der Waals surface area contributed by atoms with Crippen molar-refractivity contribution in [2.45, 2.75) is 33.5 Å². The van der Waals surface area contributed by atoms with Gasteiger partial charge in [-0.05, 0) is 79.9 Å². The molecule has 0 bridgehead atoms. The van der Waals surface area contributed by atoms with Crippen molar-refractivity contribution in [3.8, 4) is 11.5 Å². The molecular formula is C31H29ClN2O3. The number of para-hydroxylation sites is 1. The summed E-state index contributed by atoms with van der Waals surface area (Å²) in [6, 6.07) is 27.2. The fraction of sp³-hybridized carbons (Fsp3) is 0.194. The first-order valence-electron chi connectivity index (χ1n) is 12.3. The van der Waals surface area contributed by atoms with Crippen LogP contribution in [-0.4, -0.2) is 12.5 Å². The number of fused-ring (bicyclic) bond motifs is 1. The van der Waals surface area contributed by atoms with E-state index in [9.17, 15) is 4.79 Å². The van der Waals surface area contributed by atoms with Crippen LogP contribution in [0.5, 0.6) is 11.5 Å².